The van der Waals surface area contributed by atoms with Crippen molar-refractivity contribution in [3.8, 4) is 11.1 Å². The average molecular weight is 455 g/mol. The monoisotopic (exact) mass is 453 g/mol. The van der Waals surface area contributed by atoms with Crippen molar-refractivity contribution in [1.82, 2.24) is 5.32 Å². The fraction of sp³-hybridized carbons (Fsp3) is 0.125. The predicted octanol–water partition coefficient (Wildman–Crippen LogP) is 6.67. The van der Waals surface area contributed by atoms with E-state index in [1.807, 2.05) is 30.3 Å². The van der Waals surface area contributed by atoms with Gasteiger partial charge in [0.1, 0.15) is 0 Å². The van der Waals surface area contributed by atoms with Gasteiger partial charge in [0.15, 0.2) is 5.78 Å². The van der Waals surface area contributed by atoms with Crippen LogP contribution < -0.4 is 5.32 Å². The van der Waals surface area contributed by atoms with E-state index in [-0.39, 0.29) is 5.78 Å². The van der Waals surface area contributed by atoms with Crippen LogP contribution in [-0.4, -0.2) is 12.3 Å². The second-order valence-corrected chi connectivity index (χ2v) is 7.80. The summed E-state index contributed by atoms with van der Waals surface area (Å²) in [5, 5.41) is 3.94. The molecule has 0 saturated carbocycles. The van der Waals surface area contributed by atoms with Crippen LogP contribution in [0.2, 0.25) is 5.02 Å². The molecule has 1 N–H and O–H groups in total. The van der Waals surface area contributed by atoms with Gasteiger partial charge in [-0.1, -0.05) is 70.0 Å². The summed E-state index contributed by atoms with van der Waals surface area (Å²) in [6.07, 6.45) is 2.86. The summed E-state index contributed by atoms with van der Waals surface area (Å²) in [5.41, 5.74) is 4.38. The van der Waals surface area contributed by atoms with E-state index in [0.717, 1.165) is 35.1 Å². The molecule has 0 bridgehead atoms. The molecule has 28 heavy (non-hydrogen) atoms. The summed E-state index contributed by atoms with van der Waals surface area (Å²) < 4.78 is 0.941. The first-order chi connectivity index (χ1) is 13.6. The zero-order valence-corrected chi connectivity index (χ0v) is 17.8. The standard InChI is InChI=1S/C24H21BrClNO/c1-2-3-14-27-16-17-4-6-18(7-5-17)22-13-10-20(15-23(22)26)24(28)19-8-11-21(25)12-9-19/h2,4-13,15,27H,1,3,14,16H2. The molecule has 0 fully saturated rings. The minimum atomic E-state index is -0.0399. The van der Waals surface area contributed by atoms with Crippen molar-refractivity contribution in [2.24, 2.45) is 0 Å². The Kier molecular flexibility index (Phi) is 7.21. The summed E-state index contributed by atoms with van der Waals surface area (Å²) in [5.74, 6) is -0.0399. The highest BCUT2D eigenvalue weighted by molar-refractivity contribution is 9.10. The van der Waals surface area contributed by atoms with Crippen LogP contribution in [-0.2, 0) is 6.54 Å². The van der Waals surface area contributed by atoms with E-state index >= 15 is 0 Å². The van der Waals surface area contributed by atoms with Crippen LogP contribution in [0.1, 0.15) is 27.9 Å². The second kappa shape index (κ2) is 9.83. The lowest BCUT2D eigenvalue weighted by Gasteiger charge is -2.09. The number of hydrogen-bond donors (Lipinski definition) is 1. The maximum absolute atomic E-state index is 12.7. The van der Waals surface area contributed by atoms with Gasteiger partial charge in [-0.15, -0.1) is 6.58 Å². The Morgan fingerprint density at radius 3 is 2.32 bits per heavy atom. The van der Waals surface area contributed by atoms with Gasteiger partial charge in [-0.05, 0) is 54.4 Å². The summed E-state index contributed by atoms with van der Waals surface area (Å²) in [6, 6.07) is 21.1. The molecule has 3 aromatic carbocycles. The van der Waals surface area contributed by atoms with E-state index in [1.165, 1.54) is 5.56 Å². The molecule has 0 unspecified atom stereocenters. The van der Waals surface area contributed by atoms with E-state index in [4.69, 9.17) is 11.6 Å². The van der Waals surface area contributed by atoms with Crippen molar-refractivity contribution >= 4 is 33.3 Å². The van der Waals surface area contributed by atoms with E-state index in [9.17, 15) is 4.79 Å². The average Bonchev–Trinajstić information content (AvgIpc) is 2.72. The number of nitrogens with one attached hydrogen (secondary N) is 1. The van der Waals surface area contributed by atoms with Crippen molar-refractivity contribution in [1.29, 1.82) is 0 Å². The summed E-state index contributed by atoms with van der Waals surface area (Å²) >= 11 is 9.88. The van der Waals surface area contributed by atoms with E-state index in [2.05, 4.69) is 52.1 Å². The third-order valence-corrected chi connectivity index (χ3v) is 5.30. The maximum atomic E-state index is 12.7. The van der Waals surface area contributed by atoms with Crippen LogP contribution >= 0.6 is 27.5 Å². The Morgan fingerprint density at radius 2 is 1.68 bits per heavy atom. The summed E-state index contributed by atoms with van der Waals surface area (Å²) in [7, 11) is 0. The van der Waals surface area contributed by atoms with E-state index in [0.29, 0.717) is 16.1 Å². The lowest BCUT2D eigenvalue weighted by Crippen LogP contribution is -2.13. The molecule has 0 heterocycles. The minimum Gasteiger partial charge on any atom is -0.312 e. The molecule has 142 valence electrons. The zero-order chi connectivity index (χ0) is 19.9. The van der Waals surface area contributed by atoms with Gasteiger partial charge in [-0.25, -0.2) is 0 Å². The molecule has 3 rings (SSSR count). The highest BCUT2D eigenvalue weighted by atomic mass is 79.9. The molecular weight excluding hydrogens is 434 g/mol. The van der Waals surface area contributed by atoms with Crippen LogP contribution in [0.5, 0.6) is 0 Å². The van der Waals surface area contributed by atoms with Crippen molar-refractivity contribution in [3.05, 3.63) is 106 Å². The first kappa shape index (κ1) is 20.5. The zero-order valence-electron chi connectivity index (χ0n) is 15.4. The predicted molar refractivity (Wildman–Crippen MR) is 121 cm³/mol. The number of hydrogen-bond acceptors (Lipinski definition) is 2. The van der Waals surface area contributed by atoms with E-state index in [1.54, 1.807) is 18.2 Å². The minimum absolute atomic E-state index is 0.0399. The first-order valence-electron chi connectivity index (χ1n) is 9.09. The molecule has 0 spiro atoms. The van der Waals surface area contributed by atoms with Crippen molar-refractivity contribution in [3.63, 3.8) is 0 Å². The molecule has 0 aliphatic heterocycles. The lowest BCUT2D eigenvalue weighted by molar-refractivity contribution is 0.103. The Labute approximate surface area is 179 Å². The molecular formula is C24H21BrClNO. The van der Waals surface area contributed by atoms with Crippen LogP contribution in [0.4, 0.5) is 0 Å². The molecule has 0 aliphatic carbocycles. The topological polar surface area (TPSA) is 29.1 Å². The number of halogens is 2. The maximum Gasteiger partial charge on any atom is 0.193 e. The number of ketones is 1. The number of carbonyl (C=O) groups excluding carboxylic acids is 1. The van der Waals surface area contributed by atoms with Gasteiger partial charge in [-0.2, -0.15) is 0 Å². The fourth-order valence-electron chi connectivity index (χ4n) is 2.90. The van der Waals surface area contributed by atoms with Gasteiger partial charge in [0.2, 0.25) is 0 Å². The highest BCUT2D eigenvalue weighted by Crippen LogP contribution is 2.30. The molecule has 0 saturated heterocycles. The van der Waals surface area contributed by atoms with Crippen LogP contribution in [0, 0.1) is 0 Å². The van der Waals surface area contributed by atoms with E-state index < -0.39 is 0 Å². The number of benzene rings is 3. The third-order valence-electron chi connectivity index (χ3n) is 4.46. The fourth-order valence-corrected chi connectivity index (χ4v) is 3.45. The van der Waals surface area contributed by atoms with Gasteiger partial charge in [-0.3, -0.25) is 4.79 Å². The normalized spacial score (nSPS) is 10.6. The molecule has 3 aromatic rings. The Hall–Kier alpha value is -2.20. The highest BCUT2D eigenvalue weighted by Gasteiger charge is 2.12. The quantitative estimate of drug-likeness (QED) is 0.234. The Morgan fingerprint density at radius 1 is 1.00 bits per heavy atom. The molecule has 0 aliphatic rings. The van der Waals surface area contributed by atoms with Crippen molar-refractivity contribution < 1.29 is 4.79 Å². The summed E-state index contributed by atoms with van der Waals surface area (Å²) in [6.45, 7) is 5.46. The lowest BCUT2D eigenvalue weighted by atomic mass is 9.98. The van der Waals surface area contributed by atoms with Gasteiger partial charge >= 0.3 is 0 Å². The Bertz CT molecular complexity index is 965. The van der Waals surface area contributed by atoms with Gasteiger partial charge in [0, 0.05) is 32.7 Å². The van der Waals surface area contributed by atoms with Crippen LogP contribution in [0.3, 0.4) is 0 Å². The SMILES string of the molecule is C=CCCNCc1ccc(-c2ccc(C(=O)c3ccc(Br)cc3)cc2Cl)cc1. The molecule has 0 aromatic heterocycles. The number of carbonyl (C=O) groups is 1. The largest absolute Gasteiger partial charge is 0.312 e. The molecule has 0 radical (unpaired) electrons. The second-order valence-electron chi connectivity index (χ2n) is 6.48. The molecule has 2 nitrogen and oxygen atoms in total. The van der Waals surface area contributed by atoms with Crippen LogP contribution in [0.25, 0.3) is 11.1 Å². The third kappa shape index (κ3) is 5.20. The number of rotatable bonds is 8. The first-order valence-corrected chi connectivity index (χ1v) is 10.3. The van der Waals surface area contributed by atoms with Crippen LogP contribution in [0.15, 0.2) is 83.9 Å². The summed E-state index contributed by atoms with van der Waals surface area (Å²) in [4.78, 5) is 12.7. The molecule has 0 amide bonds. The van der Waals surface area contributed by atoms with Crippen molar-refractivity contribution in [2.75, 3.05) is 6.54 Å². The van der Waals surface area contributed by atoms with Gasteiger partial charge in [0.05, 0.1) is 0 Å². The Balaban J connectivity index is 1.74. The molecule has 0 atom stereocenters. The molecule has 4 heteroatoms. The van der Waals surface area contributed by atoms with Gasteiger partial charge < -0.3 is 5.32 Å². The van der Waals surface area contributed by atoms with Gasteiger partial charge in [0.25, 0.3) is 0 Å². The van der Waals surface area contributed by atoms with Crippen molar-refractivity contribution in [2.45, 2.75) is 13.0 Å². The smallest absolute Gasteiger partial charge is 0.193 e.